The van der Waals surface area contributed by atoms with Crippen LogP contribution in [0, 0.1) is 11.3 Å². The predicted molar refractivity (Wildman–Crippen MR) is 103 cm³/mol. The number of urea groups is 1. The molecule has 3 aliphatic heterocycles. The number of amides is 2. The lowest BCUT2D eigenvalue weighted by Gasteiger charge is -2.48. The number of rotatable bonds is 5. The van der Waals surface area contributed by atoms with E-state index in [9.17, 15) is 4.79 Å². The maximum absolute atomic E-state index is 12.5. The highest BCUT2D eigenvalue weighted by Gasteiger charge is 2.46. The van der Waals surface area contributed by atoms with Crippen LogP contribution in [0.15, 0.2) is 24.3 Å². The zero-order chi connectivity index (χ0) is 18.7. The molecular weight excluding hydrogens is 330 g/mol. The Morgan fingerprint density at radius 1 is 1.27 bits per heavy atom. The molecule has 1 aromatic rings. The van der Waals surface area contributed by atoms with Crippen molar-refractivity contribution in [3.05, 3.63) is 24.3 Å². The predicted octanol–water partition coefficient (Wildman–Crippen LogP) is 2.32. The number of aliphatic hydroxyl groups excluding tert-OH is 1. The highest BCUT2D eigenvalue weighted by molar-refractivity contribution is 5.74. The Labute approximate surface area is 156 Å². The summed E-state index contributed by atoms with van der Waals surface area (Å²) in [5.74, 6) is 1.33. The number of hydrogen-bond acceptors (Lipinski definition) is 4. The maximum atomic E-state index is 12.5. The van der Waals surface area contributed by atoms with Crippen LogP contribution >= 0.6 is 0 Å². The molecule has 144 valence electrons. The molecule has 3 aliphatic rings. The second kappa shape index (κ2) is 7.74. The quantitative estimate of drug-likeness (QED) is 0.845. The molecule has 6 nitrogen and oxygen atoms in total. The molecule has 2 bridgehead atoms. The van der Waals surface area contributed by atoms with E-state index in [4.69, 9.17) is 9.84 Å². The summed E-state index contributed by atoms with van der Waals surface area (Å²) in [6.07, 6.45) is 1.12. The molecule has 2 N–H and O–H groups in total. The number of nitrogens with one attached hydrogen (secondary N) is 1. The van der Waals surface area contributed by atoms with Gasteiger partial charge in [-0.25, -0.2) is 4.79 Å². The van der Waals surface area contributed by atoms with Crippen molar-refractivity contribution in [2.75, 3.05) is 44.3 Å². The zero-order valence-corrected chi connectivity index (χ0v) is 16.1. The zero-order valence-electron chi connectivity index (χ0n) is 16.1. The van der Waals surface area contributed by atoms with Crippen LogP contribution in [0.1, 0.15) is 27.2 Å². The fourth-order valence-electron chi connectivity index (χ4n) is 4.46. The summed E-state index contributed by atoms with van der Waals surface area (Å²) in [5.41, 5.74) is 1.32. The Kier molecular flexibility index (Phi) is 5.61. The van der Waals surface area contributed by atoms with E-state index in [1.165, 1.54) is 5.69 Å². The molecule has 2 atom stereocenters. The van der Waals surface area contributed by atoms with Crippen molar-refractivity contribution in [3.8, 4) is 5.75 Å². The maximum Gasteiger partial charge on any atom is 0.317 e. The summed E-state index contributed by atoms with van der Waals surface area (Å²) in [6, 6.07) is 8.49. The van der Waals surface area contributed by atoms with Gasteiger partial charge in [-0.05, 0) is 48.9 Å². The number of ether oxygens (including phenoxy) is 1. The molecule has 0 unspecified atom stereocenters. The molecule has 4 rings (SSSR count). The number of anilines is 1. The first kappa shape index (κ1) is 18.8. The van der Waals surface area contributed by atoms with Gasteiger partial charge in [0, 0.05) is 31.9 Å². The highest BCUT2D eigenvalue weighted by atomic mass is 16.5. The molecule has 26 heavy (non-hydrogen) atoms. The van der Waals surface area contributed by atoms with Gasteiger partial charge in [-0.15, -0.1) is 0 Å². The number of carbonyl (C=O) groups excluding carboxylic acids is 1. The fraction of sp³-hybridized carbons (Fsp3) is 0.650. The van der Waals surface area contributed by atoms with Gasteiger partial charge in [-0.1, -0.05) is 13.8 Å². The molecule has 0 radical (unpaired) electrons. The van der Waals surface area contributed by atoms with E-state index in [2.05, 4.69) is 36.2 Å². The smallest absolute Gasteiger partial charge is 0.317 e. The molecule has 3 fully saturated rings. The second-order valence-electron chi connectivity index (χ2n) is 8.01. The number of piperidine rings is 1. The van der Waals surface area contributed by atoms with Crippen molar-refractivity contribution < 1.29 is 14.6 Å². The first-order valence-corrected chi connectivity index (χ1v) is 9.57. The number of benzene rings is 1. The third-order valence-corrected chi connectivity index (χ3v) is 5.57. The topological polar surface area (TPSA) is 65.0 Å². The molecule has 3 saturated heterocycles. The van der Waals surface area contributed by atoms with E-state index in [0.29, 0.717) is 25.6 Å². The van der Waals surface area contributed by atoms with E-state index < -0.39 is 0 Å². The van der Waals surface area contributed by atoms with Gasteiger partial charge in [0.2, 0.25) is 0 Å². The van der Waals surface area contributed by atoms with Crippen molar-refractivity contribution in [1.29, 1.82) is 0 Å². The molecule has 3 heterocycles. The van der Waals surface area contributed by atoms with Gasteiger partial charge in [-0.2, -0.15) is 0 Å². The molecule has 0 spiro atoms. The van der Waals surface area contributed by atoms with Crippen LogP contribution < -0.4 is 15.0 Å². The van der Waals surface area contributed by atoms with Crippen molar-refractivity contribution in [2.24, 2.45) is 11.3 Å². The molecule has 0 aliphatic carbocycles. The van der Waals surface area contributed by atoms with Crippen molar-refractivity contribution in [2.45, 2.75) is 33.2 Å². The Balaban J connectivity index is 1.81. The lowest BCUT2D eigenvalue weighted by atomic mass is 9.73. The number of aliphatic hydroxyl groups is 1. The van der Waals surface area contributed by atoms with Crippen LogP contribution in [0.5, 0.6) is 5.75 Å². The Hall–Kier alpha value is -1.95. The van der Waals surface area contributed by atoms with Gasteiger partial charge < -0.3 is 25.0 Å². The molecule has 2 amide bonds. The first-order chi connectivity index (χ1) is 12.4. The standard InChI is InChI=1S/C20H31N3O3/c1-4-26-17-7-5-16(6-8-17)23-13-15-11-20(2,3)18(23)14-22(12-15)19(25)21-9-10-24/h5-8,15,18,24H,4,9-14H2,1-3H3,(H,21,25)/t15-,18-/m0/s1. The molecule has 1 aromatic carbocycles. The molecule has 0 aromatic heterocycles. The van der Waals surface area contributed by atoms with Crippen LogP contribution in [-0.2, 0) is 0 Å². The van der Waals surface area contributed by atoms with E-state index in [0.717, 1.165) is 25.3 Å². The molecule has 0 saturated carbocycles. The molecular formula is C20H31N3O3. The van der Waals surface area contributed by atoms with E-state index in [1.807, 2.05) is 24.0 Å². The van der Waals surface area contributed by atoms with Gasteiger partial charge in [0.25, 0.3) is 0 Å². The van der Waals surface area contributed by atoms with Crippen LogP contribution in [0.2, 0.25) is 0 Å². The highest BCUT2D eigenvalue weighted by Crippen LogP contribution is 2.43. The summed E-state index contributed by atoms with van der Waals surface area (Å²) in [5, 5.41) is 11.8. The number of hydrogen-bond donors (Lipinski definition) is 2. The van der Waals surface area contributed by atoms with Gasteiger partial charge in [-0.3, -0.25) is 0 Å². The van der Waals surface area contributed by atoms with Crippen molar-refractivity contribution in [1.82, 2.24) is 10.2 Å². The summed E-state index contributed by atoms with van der Waals surface area (Å²) < 4.78 is 5.56. The fourth-order valence-corrected chi connectivity index (χ4v) is 4.46. The third kappa shape index (κ3) is 3.90. The van der Waals surface area contributed by atoms with E-state index in [1.54, 1.807) is 0 Å². The summed E-state index contributed by atoms with van der Waals surface area (Å²) in [6.45, 7) is 9.97. The number of carbonyl (C=O) groups is 1. The largest absolute Gasteiger partial charge is 0.494 e. The minimum atomic E-state index is -0.0692. The number of fused-ring (bicyclic) bond motifs is 4. The minimum absolute atomic E-state index is 0.0315. The average Bonchev–Trinajstić information content (AvgIpc) is 2.87. The average molecular weight is 361 g/mol. The van der Waals surface area contributed by atoms with Crippen molar-refractivity contribution >= 4 is 11.7 Å². The van der Waals surface area contributed by atoms with Crippen LogP contribution in [0.3, 0.4) is 0 Å². The normalized spacial score (nSPS) is 24.3. The Morgan fingerprint density at radius 3 is 2.65 bits per heavy atom. The van der Waals surface area contributed by atoms with Gasteiger partial charge >= 0.3 is 6.03 Å². The summed E-state index contributed by atoms with van der Waals surface area (Å²) in [4.78, 5) is 16.9. The van der Waals surface area contributed by atoms with Crippen LogP contribution in [0.4, 0.5) is 10.5 Å². The van der Waals surface area contributed by atoms with E-state index >= 15 is 0 Å². The third-order valence-electron chi connectivity index (χ3n) is 5.57. The van der Waals surface area contributed by atoms with E-state index in [-0.39, 0.29) is 24.1 Å². The lowest BCUT2D eigenvalue weighted by Crippen LogP contribution is -2.54. The monoisotopic (exact) mass is 361 g/mol. The van der Waals surface area contributed by atoms with Gasteiger partial charge in [0.15, 0.2) is 0 Å². The Bertz CT molecular complexity index is 617. The van der Waals surface area contributed by atoms with Gasteiger partial charge in [0.05, 0.1) is 19.3 Å². The van der Waals surface area contributed by atoms with Crippen molar-refractivity contribution in [3.63, 3.8) is 0 Å². The van der Waals surface area contributed by atoms with Crippen LogP contribution in [0.25, 0.3) is 0 Å². The van der Waals surface area contributed by atoms with Gasteiger partial charge in [0.1, 0.15) is 5.75 Å². The lowest BCUT2D eigenvalue weighted by molar-refractivity contribution is 0.185. The molecule has 6 heteroatoms. The second-order valence-corrected chi connectivity index (χ2v) is 8.01. The number of nitrogens with zero attached hydrogens (tertiary/aromatic N) is 2. The minimum Gasteiger partial charge on any atom is -0.494 e. The SMILES string of the molecule is CCOc1ccc(N2C[C@@H]3CN(C(=O)NCCO)C[C@H]2C(C)(C)C3)cc1. The summed E-state index contributed by atoms with van der Waals surface area (Å²) in [7, 11) is 0. The first-order valence-electron chi connectivity index (χ1n) is 9.57. The Morgan fingerprint density at radius 2 is 2.00 bits per heavy atom. The van der Waals surface area contributed by atoms with Crippen LogP contribution in [-0.4, -0.2) is 61.5 Å². The summed E-state index contributed by atoms with van der Waals surface area (Å²) >= 11 is 0.